The number of ether oxygens (including phenoxy) is 5. The number of amides is 1. The number of hydrogen-bond acceptors (Lipinski definition) is 8. The number of benzene rings is 2. The fourth-order valence-corrected chi connectivity index (χ4v) is 4.64. The van der Waals surface area contributed by atoms with E-state index in [4.69, 9.17) is 23.7 Å². The normalized spacial score (nSPS) is 22.9. The average Bonchev–Trinajstić information content (AvgIpc) is 3.60. The summed E-state index contributed by atoms with van der Waals surface area (Å²) < 4.78 is 27.3. The molecule has 5 rings (SSSR count). The zero-order chi connectivity index (χ0) is 23.8. The van der Waals surface area contributed by atoms with Gasteiger partial charge < -0.3 is 33.7 Å². The molecule has 2 aromatic carbocycles. The van der Waals surface area contributed by atoms with Gasteiger partial charge in [0.05, 0.1) is 31.9 Å². The van der Waals surface area contributed by atoms with Crippen molar-refractivity contribution in [2.75, 3.05) is 34.2 Å². The van der Waals surface area contributed by atoms with Crippen molar-refractivity contribution in [3.8, 4) is 23.0 Å². The summed E-state index contributed by atoms with van der Waals surface area (Å²) >= 11 is 0. The SMILES string of the molecule is COc1ccc(C(O)=C2C(=O)C(=O)N(CC3CCCO3)C2c2ccc3c(c2)OCO3)cc1OC. The van der Waals surface area contributed by atoms with Crippen molar-refractivity contribution in [1.82, 2.24) is 4.90 Å². The van der Waals surface area contributed by atoms with E-state index in [1.165, 1.54) is 19.1 Å². The van der Waals surface area contributed by atoms with E-state index in [9.17, 15) is 14.7 Å². The molecule has 0 spiro atoms. The third kappa shape index (κ3) is 3.71. The van der Waals surface area contributed by atoms with Crippen LogP contribution in [0.25, 0.3) is 5.76 Å². The minimum absolute atomic E-state index is 0.00548. The number of aliphatic hydroxyl groups is 1. The molecule has 9 nitrogen and oxygen atoms in total. The molecule has 1 N–H and O–H groups in total. The molecule has 2 aromatic rings. The van der Waals surface area contributed by atoms with E-state index in [-0.39, 0.29) is 30.8 Å². The van der Waals surface area contributed by atoms with E-state index >= 15 is 0 Å². The van der Waals surface area contributed by atoms with E-state index in [2.05, 4.69) is 0 Å². The highest BCUT2D eigenvalue weighted by atomic mass is 16.7. The fourth-order valence-electron chi connectivity index (χ4n) is 4.64. The number of ketones is 1. The lowest BCUT2D eigenvalue weighted by Gasteiger charge is -2.27. The van der Waals surface area contributed by atoms with Crippen LogP contribution in [0.4, 0.5) is 0 Å². The third-order valence-corrected chi connectivity index (χ3v) is 6.33. The van der Waals surface area contributed by atoms with Gasteiger partial charge in [-0.15, -0.1) is 0 Å². The highest BCUT2D eigenvalue weighted by Gasteiger charge is 2.47. The lowest BCUT2D eigenvalue weighted by Crippen LogP contribution is -2.36. The van der Waals surface area contributed by atoms with Crippen LogP contribution in [0.1, 0.15) is 30.0 Å². The molecule has 3 heterocycles. The second-order valence-corrected chi connectivity index (χ2v) is 8.27. The maximum absolute atomic E-state index is 13.2. The van der Waals surface area contributed by atoms with E-state index in [1.54, 1.807) is 36.4 Å². The molecule has 0 radical (unpaired) electrons. The fraction of sp³-hybridized carbons (Fsp3) is 0.360. The number of carbonyl (C=O) groups is 2. The van der Waals surface area contributed by atoms with E-state index in [0.29, 0.717) is 40.7 Å². The van der Waals surface area contributed by atoms with E-state index in [1.807, 2.05) is 0 Å². The monoisotopic (exact) mass is 467 g/mol. The van der Waals surface area contributed by atoms with Crippen LogP contribution < -0.4 is 18.9 Å². The summed E-state index contributed by atoms with van der Waals surface area (Å²) in [6.07, 6.45) is 1.53. The van der Waals surface area contributed by atoms with Gasteiger partial charge in [0, 0.05) is 18.7 Å². The summed E-state index contributed by atoms with van der Waals surface area (Å²) in [6.45, 7) is 0.960. The van der Waals surface area contributed by atoms with Crippen molar-refractivity contribution in [2.24, 2.45) is 0 Å². The number of rotatable bonds is 6. The molecule has 0 bridgehead atoms. The molecule has 2 saturated heterocycles. The molecule has 2 unspecified atom stereocenters. The van der Waals surface area contributed by atoms with Gasteiger partial charge in [0.2, 0.25) is 6.79 Å². The standard InChI is InChI=1S/C25H25NO8/c1-30-17-7-6-15(11-19(17)31-2)23(27)21-22(14-5-8-18-20(10-14)34-13-33-18)26(25(29)24(21)28)12-16-4-3-9-32-16/h5-8,10-11,16,22,27H,3-4,9,12-13H2,1-2H3. The second kappa shape index (κ2) is 8.90. The van der Waals surface area contributed by atoms with Gasteiger partial charge in [-0.1, -0.05) is 6.07 Å². The van der Waals surface area contributed by atoms with Crippen molar-refractivity contribution in [3.05, 3.63) is 53.1 Å². The molecule has 9 heteroatoms. The van der Waals surface area contributed by atoms with Crippen LogP contribution in [-0.4, -0.2) is 62.0 Å². The minimum Gasteiger partial charge on any atom is -0.507 e. The Morgan fingerprint density at radius 3 is 2.59 bits per heavy atom. The molecule has 34 heavy (non-hydrogen) atoms. The van der Waals surface area contributed by atoms with Gasteiger partial charge in [0.1, 0.15) is 5.76 Å². The number of Topliss-reactive ketones (excluding diaryl/α,β-unsaturated/α-hetero) is 1. The molecule has 3 aliphatic rings. The van der Waals surface area contributed by atoms with Gasteiger partial charge in [-0.3, -0.25) is 9.59 Å². The van der Waals surface area contributed by atoms with Crippen LogP contribution in [0.5, 0.6) is 23.0 Å². The number of aliphatic hydroxyl groups excluding tert-OH is 1. The Bertz CT molecular complexity index is 1170. The molecular formula is C25H25NO8. The van der Waals surface area contributed by atoms with Gasteiger partial charge in [0.15, 0.2) is 23.0 Å². The maximum atomic E-state index is 13.2. The van der Waals surface area contributed by atoms with Crippen LogP contribution in [0.3, 0.4) is 0 Å². The molecule has 0 aromatic heterocycles. The largest absolute Gasteiger partial charge is 0.507 e. The first-order valence-corrected chi connectivity index (χ1v) is 11.0. The zero-order valence-electron chi connectivity index (χ0n) is 18.9. The second-order valence-electron chi connectivity index (χ2n) is 8.27. The Hall–Kier alpha value is -3.72. The van der Waals surface area contributed by atoms with Gasteiger partial charge in [-0.25, -0.2) is 0 Å². The van der Waals surface area contributed by atoms with Gasteiger partial charge >= 0.3 is 0 Å². The smallest absolute Gasteiger partial charge is 0.295 e. The Labute approximate surface area is 196 Å². The summed E-state index contributed by atoms with van der Waals surface area (Å²) in [7, 11) is 2.99. The quantitative estimate of drug-likeness (QED) is 0.393. The van der Waals surface area contributed by atoms with Crippen molar-refractivity contribution >= 4 is 17.4 Å². The minimum atomic E-state index is -0.813. The van der Waals surface area contributed by atoms with Crippen molar-refractivity contribution in [1.29, 1.82) is 0 Å². The van der Waals surface area contributed by atoms with Crippen molar-refractivity contribution < 1.29 is 38.4 Å². The van der Waals surface area contributed by atoms with Crippen LogP contribution >= 0.6 is 0 Å². The lowest BCUT2D eigenvalue weighted by molar-refractivity contribution is -0.140. The highest BCUT2D eigenvalue weighted by molar-refractivity contribution is 6.46. The first-order valence-electron chi connectivity index (χ1n) is 11.0. The number of nitrogens with zero attached hydrogens (tertiary/aromatic N) is 1. The van der Waals surface area contributed by atoms with E-state index < -0.39 is 17.7 Å². The molecule has 2 fully saturated rings. The van der Waals surface area contributed by atoms with Crippen LogP contribution in [-0.2, 0) is 14.3 Å². The number of carbonyl (C=O) groups excluding carboxylic acids is 2. The average molecular weight is 467 g/mol. The first-order chi connectivity index (χ1) is 16.5. The Kier molecular flexibility index (Phi) is 5.79. The number of fused-ring (bicyclic) bond motifs is 1. The molecule has 0 aliphatic carbocycles. The topological polar surface area (TPSA) is 104 Å². The Morgan fingerprint density at radius 1 is 1.06 bits per heavy atom. The summed E-state index contributed by atoms with van der Waals surface area (Å²) in [6, 6.07) is 9.25. The third-order valence-electron chi connectivity index (χ3n) is 6.33. The zero-order valence-corrected chi connectivity index (χ0v) is 18.9. The van der Waals surface area contributed by atoms with Crippen molar-refractivity contribution in [2.45, 2.75) is 25.0 Å². The molecular weight excluding hydrogens is 442 g/mol. The lowest BCUT2D eigenvalue weighted by atomic mass is 9.94. The summed E-state index contributed by atoms with van der Waals surface area (Å²) in [5.41, 5.74) is 0.955. The predicted octanol–water partition coefficient (Wildman–Crippen LogP) is 3.03. The van der Waals surface area contributed by atoms with Crippen LogP contribution in [0.2, 0.25) is 0 Å². The molecule has 3 aliphatic heterocycles. The highest BCUT2D eigenvalue weighted by Crippen LogP contribution is 2.44. The molecule has 0 saturated carbocycles. The van der Waals surface area contributed by atoms with Gasteiger partial charge in [-0.05, 0) is 48.7 Å². The van der Waals surface area contributed by atoms with Crippen LogP contribution in [0.15, 0.2) is 42.0 Å². The molecule has 1 amide bonds. The molecule has 178 valence electrons. The van der Waals surface area contributed by atoms with E-state index in [0.717, 1.165) is 12.8 Å². The summed E-state index contributed by atoms with van der Waals surface area (Å²) in [5.74, 6) is 0.237. The number of hydrogen-bond donors (Lipinski definition) is 1. The first kappa shape index (κ1) is 22.1. The summed E-state index contributed by atoms with van der Waals surface area (Å²) in [5, 5.41) is 11.3. The maximum Gasteiger partial charge on any atom is 0.295 e. The number of likely N-dealkylation sites (tertiary alicyclic amines) is 1. The van der Waals surface area contributed by atoms with Gasteiger partial charge in [-0.2, -0.15) is 0 Å². The molecule has 2 atom stereocenters. The Balaban J connectivity index is 1.63. The van der Waals surface area contributed by atoms with Gasteiger partial charge in [0.25, 0.3) is 11.7 Å². The number of methoxy groups -OCH3 is 2. The van der Waals surface area contributed by atoms with Crippen LogP contribution in [0, 0.1) is 0 Å². The Morgan fingerprint density at radius 2 is 1.85 bits per heavy atom. The predicted molar refractivity (Wildman–Crippen MR) is 120 cm³/mol. The van der Waals surface area contributed by atoms with Crippen molar-refractivity contribution in [3.63, 3.8) is 0 Å². The summed E-state index contributed by atoms with van der Waals surface area (Å²) in [4.78, 5) is 27.9.